The predicted molar refractivity (Wildman–Crippen MR) is 83.1 cm³/mol. The fourth-order valence-corrected chi connectivity index (χ4v) is 3.81. The highest BCUT2D eigenvalue weighted by atomic mass is 32.2. The third-order valence-corrected chi connectivity index (χ3v) is 5.09. The average Bonchev–Trinajstić information content (AvgIpc) is 2.41. The highest BCUT2D eigenvalue weighted by Crippen LogP contribution is 2.18. The Morgan fingerprint density at radius 3 is 2.33 bits per heavy atom. The van der Waals surface area contributed by atoms with Crippen LogP contribution >= 0.6 is 0 Å². The van der Waals surface area contributed by atoms with Crippen LogP contribution in [0.3, 0.4) is 0 Å². The quantitative estimate of drug-likeness (QED) is 0.853. The molecule has 21 heavy (non-hydrogen) atoms. The van der Waals surface area contributed by atoms with Crippen molar-refractivity contribution in [3.63, 3.8) is 0 Å². The fourth-order valence-electron chi connectivity index (χ4n) is 2.21. The van der Waals surface area contributed by atoms with E-state index in [0.717, 1.165) is 11.1 Å². The van der Waals surface area contributed by atoms with E-state index in [0.29, 0.717) is 5.56 Å². The molecule has 0 amide bonds. The van der Waals surface area contributed by atoms with E-state index in [1.165, 1.54) is 0 Å². The molecule has 0 N–H and O–H groups in total. The minimum atomic E-state index is -3.58. The van der Waals surface area contributed by atoms with Gasteiger partial charge in [-0.2, -0.15) is 0 Å². The zero-order valence-electron chi connectivity index (χ0n) is 12.2. The van der Waals surface area contributed by atoms with E-state index in [-0.39, 0.29) is 17.1 Å². The average molecular weight is 302 g/mol. The minimum Gasteiger partial charge on any atom is -0.298 e. The van der Waals surface area contributed by atoms with Crippen molar-refractivity contribution >= 4 is 15.6 Å². The summed E-state index contributed by atoms with van der Waals surface area (Å²) in [5.41, 5.74) is 2.38. The molecule has 2 aromatic carbocycles. The van der Waals surface area contributed by atoms with Gasteiger partial charge in [0.2, 0.25) is 0 Å². The number of hydrogen-bond acceptors (Lipinski definition) is 3. The van der Waals surface area contributed by atoms with Gasteiger partial charge in [-0.25, -0.2) is 8.42 Å². The Labute approximate surface area is 125 Å². The summed E-state index contributed by atoms with van der Waals surface area (Å²) in [5.74, 6) is -0.742. The van der Waals surface area contributed by atoms with Gasteiger partial charge < -0.3 is 0 Å². The molecule has 0 bridgehead atoms. The Morgan fingerprint density at radius 2 is 1.67 bits per heavy atom. The number of ketones is 1. The van der Waals surface area contributed by atoms with Crippen molar-refractivity contribution in [2.45, 2.75) is 25.2 Å². The fraction of sp³-hybridized carbons (Fsp3) is 0.235. The summed E-state index contributed by atoms with van der Waals surface area (Å²) < 4.78 is 24.8. The van der Waals surface area contributed by atoms with Crippen LogP contribution in [-0.4, -0.2) is 20.0 Å². The molecular formula is C17H18O3S. The van der Waals surface area contributed by atoms with E-state index in [4.69, 9.17) is 0 Å². The maximum Gasteiger partial charge on any atom is 0.185 e. The van der Waals surface area contributed by atoms with Gasteiger partial charge in [0, 0.05) is 6.42 Å². The molecular weight excluding hydrogens is 284 g/mol. The van der Waals surface area contributed by atoms with Crippen LogP contribution in [-0.2, 0) is 21.1 Å². The first kappa shape index (κ1) is 15.4. The molecule has 0 aromatic heterocycles. The summed E-state index contributed by atoms with van der Waals surface area (Å²) in [6, 6.07) is 14.4. The van der Waals surface area contributed by atoms with Crippen LogP contribution in [0.15, 0.2) is 53.4 Å². The van der Waals surface area contributed by atoms with Crippen LogP contribution in [0.2, 0.25) is 0 Å². The second-order valence-electron chi connectivity index (χ2n) is 5.23. The summed E-state index contributed by atoms with van der Waals surface area (Å²) in [7, 11) is -3.58. The maximum absolute atomic E-state index is 12.4. The normalized spacial score (nSPS) is 11.3. The van der Waals surface area contributed by atoms with E-state index in [9.17, 15) is 13.2 Å². The van der Waals surface area contributed by atoms with E-state index in [1.54, 1.807) is 19.1 Å². The number of benzene rings is 2. The molecule has 0 heterocycles. The highest BCUT2D eigenvalue weighted by molar-refractivity contribution is 7.92. The maximum atomic E-state index is 12.4. The first-order chi connectivity index (χ1) is 9.88. The summed E-state index contributed by atoms with van der Waals surface area (Å²) >= 11 is 0. The highest BCUT2D eigenvalue weighted by Gasteiger charge is 2.21. The third kappa shape index (κ3) is 4.02. The molecule has 4 heteroatoms. The topological polar surface area (TPSA) is 51.2 Å². The van der Waals surface area contributed by atoms with Crippen molar-refractivity contribution in [2.24, 2.45) is 0 Å². The van der Waals surface area contributed by atoms with Gasteiger partial charge in [-0.1, -0.05) is 42.5 Å². The third-order valence-electron chi connectivity index (χ3n) is 3.27. The largest absolute Gasteiger partial charge is 0.298 e. The number of carbonyl (C=O) groups is 1. The molecule has 0 atom stereocenters. The van der Waals surface area contributed by atoms with Crippen molar-refractivity contribution in [3.8, 4) is 0 Å². The Kier molecular flexibility index (Phi) is 4.58. The molecule has 0 radical (unpaired) electrons. The number of hydrogen-bond donors (Lipinski definition) is 0. The molecule has 0 aliphatic heterocycles. The monoisotopic (exact) mass is 302 g/mol. The van der Waals surface area contributed by atoms with Gasteiger partial charge in [0.15, 0.2) is 15.6 Å². The van der Waals surface area contributed by atoms with Crippen LogP contribution in [0.4, 0.5) is 0 Å². The lowest BCUT2D eigenvalue weighted by Gasteiger charge is -2.08. The van der Waals surface area contributed by atoms with Gasteiger partial charge in [-0.05, 0) is 36.6 Å². The Bertz CT molecular complexity index is 747. The second kappa shape index (κ2) is 6.22. The lowest BCUT2D eigenvalue weighted by molar-refractivity contribution is -0.116. The lowest BCUT2D eigenvalue weighted by Crippen LogP contribution is -2.19. The molecule has 110 valence electrons. The van der Waals surface area contributed by atoms with E-state index < -0.39 is 15.6 Å². The van der Waals surface area contributed by atoms with Gasteiger partial charge in [-0.3, -0.25) is 4.79 Å². The number of rotatable bonds is 5. The van der Waals surface area contributed by atoms with Crippen LogP contribution < -0.4 is 0 Å². The van der Waals surface area contributed by atoms with E-state index >= 15 is 0 Å². The smallest absolute Gasteiger partial charge is 0.185 e. The predicted octanol–water partition coefficient (Wildman–Crippen LogP) is 2.89. The van der Waals surface area contributed by atoms with Crippen molar-refractivity contribution in [3.05, 3.63) is 65.2 Å². The number of Topliss-reactive ketones (excluding diaryl/α,β-unsaturated/α-hetero) is 1. The minimum absolute atomic E-state index is 0.144. The molecule has 2 aromatic rings. The van der Waals surface area contributed by atoms with Crippen LogP contribution in [0, 0.1) is 13.8 Å². The number of carbonyl (C=O) groups excluding carboxylic acids is 1. The summed E-state index contributed by atoms with van der Waals surface area (Å²) in [4.78, 5) is 12.3. The van der Waals surface area contributed by atoms with E-state index in [1.807, 2.05) is 43.3 Å². The Morgan fingerprint density at radius 1 is 1.00 bits per heavy atom. The van der Waals surface area contributed by atoms with Crippen molar-refractivity contribution in [1.29, 1.82) is 0 Å². The van der Waals surface area contributed by atoms with Gasteiger partial charge in [0.1, 0.15) is 5.75 Å². The van der Waals surface area contributed by atoms with Crippen LogP contribution in [0.1, 0.15) is 16.7 Å². The standard InChI is InChI=1S/C17H18O3S/c1-13-8-9-14(2)17(10-13)21(19,20)12-16(18)11-15-6-4-3-5-7-15/h3-10H,11-12H2,1-2H3. The summed E-state index contributed by atoms with van der Waals surface area (Å²) in [6.07, 6.45) is 0.144. The van der Waals surface area contributed by atoms with Gasteiger partial charge in [-0.15, -0.1) is 0 Å². The first-order valence-corrected chi connectivity index (χ1v) is 8.39. The van der Waals surface area contributed by atoms with Crippen molar-refractivity contribution < 1.29 is 13.2 Å². The second-order valence-corrected chi connectivity index (χ2v) is 7.19. The van der Waals surface area contributed by atoms with Gasteiger partial charge in [0.05, 0.1) is 4.90 Å². The van der Waals surface area contributed by atoms with Crippen molar-refractivity contribution in [1.82, 2.24) is 0 Å². The molecule has 3 nitrogen and oxygen atoms in total. The zero-order valence-corrected chi connectivity index (χ0v) is 13.0. The van der Waals surface area contributed by atoms with Gasteiger partial charge >= 0.3 is 0 Å². The number of aryl methyl sites for hydroxylation is 2. The molecule has 0 spiro atoms. The van der Waals surface area contributed by atoms with Crippen LogP contribution in [0.25, 0.3) is 0 Å². The van der Waals surface area contributed by atoms with Crippen LogP contribution in [0.5, 0.6) is 0 Å². The summed E-state index contributed by atoms with van der Waals surface area (Å²) in [5, 5.41) is 0. The molecule has 2 rings (SSSR count). The molecule has 0 saturated heterocycles. The Hall–Kier alpha value is -1.94. The lowest BCUT2D eigenvalue weighted by atomic mass is 10.1. The molecule has 0 fully saturated rings. The molecule has 0 unspecified atom stereocenters. The van der Waals surface area contributed by atoms with Gasteiger partial charge in [0.25, 0.3) is 0 Å². The SMILES string of the molecule is Cc1ccc(C)c(S(=O)(=O)CC(=O)Cc2ccccc2)c1. The molecule has 0 saturated carbocycles. The van der Waals surface area contributed by atoms with E-state index in [2.05, 4.69) is 0 Å². The molecule has 0 aliphatic carbocycles. The first-order valence-electron chi connectivity index (χ1n) is 6.74. The summed E-state index contributed by atoms with van der Waals surface area (Å²) in [6.45, 7) is 3.58. The van der Waals surface area contributed by atoms with Crippen molar-refractivity contribution in [2.75, 3.05) is 5.75 Å². The number of sulfone groups is 1. The molecule has 0 aliphatic rings. The zero-order chi connectivity index (χ0) is 15.5. The Balaban J connectivity index is 2.18.